The molecule has 1 N–H and O–H groups in total. The number of hydrogen-bond donors (Lipinski definition) is 1. The number of aryl methyl sites for hydroxylation is 1. The molecule has 0 saturated heterocycles. The summed E-state index contributed by atoms with van der Waals surface area (Å²) in [7, 11) is 0. The largest absolute Gasteiger partial charge is 0.429 e. The molecule has 0 aliphatic carbocycles. The van der Waals surface area contributed by atoms with E-state index in [1.54, 1.807) is 0 Å². The van der Waals surface area contributed by atoms with Crippen molar-refractivity contribution < 1.29 is 4.74 Å². The van der Waals surface area contributed by atoms with Crippen molar-refractivity contribution in [1.29, 1.82) is 0 Å². The molecule has 2 rings (SSSR count). The zero-order chi connectivity index (χ0) is 14.8. The highest BCUT2D eigenvalue weighted by Crippen LogP contribution is 2.31. The van der Waals surface area contributed by atoms with Gasteiger partial charge in [-0.1, -0.05) is 22.5 Å². The fourth-order valence-electron chi connectivity index (χ4n) is 1.47. The van der Waals surface area contributed by atoms with Crippen LogP contribution in [0.3, 0.4) is 0 Å². The quantitative estimate of drug-likeness (QED) is 0.888. The van der Waals surface area contributed by atoms with Gasteiger partial charge >= 0.3 is 0 Å². The second kappa shape index (κ2) is 6.20. The summed E-state index contributed by atoms with van der Waals surface area (Å²) in [5.74, 6) is 0.752. The summed E-state index contributed by atoms with van der Waals surface area (Å²) >= 11 is 4.94. The second-order valence-electron chi connectivity index (χ2n) is 5.60. The van der Waals surface area contributed by atoms with Gasteiger partial charge in [-0.25, -0.2) is 0 Å². The highest BCUT2D eigenvalue weighted by atomic mass is 79.9. The Kier molecular flexibility index (Phi) is 4.78. The summed E-state index contributed by atoms with van der Waals surface area (Å²) in [4.78, 5) is 0. The van der Waals surface area contributed by atoms with Crippen LogP contribution in [-0.4, -0.2) is 15.7 Å². The molecule has 1 aromatic heterocycles. The summed E-state index contributed by atoms with van der Waals surface area (Å²) in [5.41, 5.74) is 1.24. The van der Waals surface area contributed by atoms with Crippen molar-refractivity contribution in [3.8, 4) is 10.9 Å². The van der Waals surface area contributed by atoms with Crippen LogP contribution in [0.15, 0.2) is 22.7 Å². The fraction of sp³-hybridized carbons (Fsp3) is 0.429. The van der Waals surface area contributed by atoms with Crippen molar-refractivity contribution in [2.24, 2.45) is 0 Å². The van der Waals surface area contributed by atoms with Crippen LogP contribution < -0.4 is 10.1 Å². The van der Waals surface area contributed by atoms with E-state index in [4.69, 9.17) is 4.74 Å². The zero-order valence-electron chi connectivity index (χ0n) is 12.0. The summed E-state index contributed by atoms with van der Waals surface area (Å²) in [6, 6.07) is 5.94. The van der Waals surface area contributed by atoms with Gasteiger partial charge < -0.3 is 10.1 Å². The molecule has 0 fully saturated rings. The van der Waals surface area contributed by atoms with Crippen molar-refractivity contribution in [2.45, 2.75) is 39.8 Å². The maximum Gasteiger partial charge on any atom is 0.299 e. The van der Waals surface area contributed by atoms with Crippen molar-refractivity contribution in [3.05, 3.63) is 33.2 Å². The Balaban J connectivity index is 2.02. The molecule has 0 radical (unpaired) electrons. The monoisotopic (exact) mass is 355 g/mol. The number of rotatable bonds is 4. The number of aromatic nitrogens is 2. The molecule has 0 bridgehead atoms. The van der Waals surface area contributed by atoms with Crippen molar-refractivity contribution in [1.82, 2.24) is 15.5 Å². The summed E-state index contributed by atoms with van der Waals surface area (Å²) in [6.07, 6.45) is 0. The first-order valence-electron chi connectivity index (χ1n) is 6.35. The molecule has 0 aliphatic heterocycles. The maximum atomic E-state index is 5.75. The van der Waals surface area contributed by atoms with Crippen LogP contribution in [0, 0.1) is 6.92 Å². The van der Waals surface area contributed by atoms with E-state index >= 15 is 0 Å². The van der Waals surface area contributed by atoms with Gasteiger partial charge in [-0.2, -0.15) is 0 Å². The fourth-order valence-corrected chi connectivity index (χ4v) is 2.69. The molecule has 108 valence electrons. The number of nitrogens with zero attached hydrogens (tertiary/aromatic N) is 2. The van der Waals surface area contributed by atoms with Crippen LogP contribution in [0.4, 0.5) is 0 Å². The third-order valence-electron chi connectivity index (χ3n) is 2.50. The van der Waals surface area contributed by atoms with Gasteiger partial charge in [0.2, 0.25) is 0 Å². The van der Waals surface area contributed by atoms with Gasteiger partial charge in [-0.15, -0.1) is 5.10 Å². The van der Waals surface area contributed by atoms with Crippen LogP contribution in [0.1, 0.15) is 31.3 Å². The smallest absolute Gasteiger partial charge is 0.299 e. The molecular formula is C14H18BrN3OS. The summed E-state index contributed by atoms with van der Waals surface area (Å²) < 4.78 is 6.67. The van der Waals surface area contributed by atoms with Crippen LogP contribution in [0.5, 0.6) is 10.9 Å². The predicted molar refractivity (Wildman–Crippen MR) is 85.5 cm³/mol. The van der Waals surface area contributed by atoms with E-state index in [-0.39, 0.29) is 5.54 Å². The lowest BCUT2D eigenvalue weighted by atomic mass is 10.1. The normalized spacial score (nSPS) is 11.7. The van der Waals surface area contributed by atoms with Gasteiger partial charge in [0.15, 0.2) is 0 Å². The lowest BCUT2D eigenvalue weighted by Gasteiger charge is -2.19. The molecule has 1 heterocycles. The lowest BCUT2D eigenvalue weighted by molar-refractivity contribution is 0.423. The first kappa shape index (κ1) is 15.4. The molecule has 2 aromatic rings. The number of halogens is 1. The van der Waals surface area contributed by atoms with Crippen molar-refractivity contribution in [3.63, 3.8) is 0 Å². The molecule has 0 aliphatic rings. The van der Waals surface area contributed by atoms with E-state index in [0.29, 0.717) is 11.7 Å². The van der Waals surface area contributed by atoms with E-state index in [1.165, 1.54) is 16.9 Å². The first-order valence-corrected chi connectivity index (χ1v) is 7.96. The molecule has 0 spiro atoms. The average Bonchev–Trinajstić information content (AvgIpc) is 2.77. The van der Waals surface area contributed by atoms with E-state index in [9.17, 15) is 0 Å². The van der Waals surface area contributed by atoms with Crippen molar-refractivity contribution >= 4 is 27.3 Å². The Morgan fingerprint density at radius 3 is 2.70 bits per heavy atom. The minimum absolute atomic E-state index is 0.0622. The topological polar surface area (TPSA) is 47.0 Å². The van der Waals surface area contributed by atoms with E-state index in [1.807, 2.05) is 25.1 Å². The number of ether oxygens (including phenoxy) is 1. The number of benzene rings is 1. The molecule has 0 atom stereocenters. The SMILES string of the molecule is Cc1ccc(Oc2nnc(CNC(C)(C)C)s2)c(Br)c1. The molecule has 4 nitrogen and oxygen atoms in total. The van der Waals surface area contributed by atoms with Gasteiger partial charge in [-0.3, -0.25) is 0 Å². The Morgan fingerprint density at radius 2 is 2.05 bits per heavy atom. The maximum absolute atomic E-state index is 5.75. The Morgan fingerprint density at radius 1 is 1.30 bits per heavy atom. The van der Waals surface area contributed by atoms with E-state index < -0.39 is 0 Å². The number of hydrogen-bond acceptors (Lipinski definition) is 5. The molecular weight excluding hydrogens is 338 g/mol. The Hall–Kier alpha value is -0.980. The van der Waals surface area contributed by atoms with Gasteiger partial charge in [0, 0.05) is 5.54 Å². The standard InChI is InChI=1S/C14H18BrN3OS/c1-9-5-6-11(10(15)7-9)19-13-18-17-12(20-13)8-16-14(2,3)4/h5-7,16H,8H2,1-4H3. The zero-order valence-corrected chi connectivity index (χ0v) is 14.4. The average molecular weight is 356 g/mol. The van der Waals surface area contributed by atoms with Gasteiger partial charge in [0.25, 0.3) is 5.19 Å². The first-order chi connectivity index (χ1) is 9.33. The highest BCUT2D eigenvalue weighted by Gasteiger charge is 2.12. The minimum Gasteiger partial charge on any atom is -0.429 e. The van der Waals surface area contributed by atoms with Crippen LogP contribution in [-0.2, 0) is 6.54 Å². The third kappa shape index (κ3) is 4.54. The lowest BCUT2D eigenvalue weighted by Crippen LogP contribution is -2.35. The van der Waals surface area contributed by atoms with Gasteiger partial charge in [-0.05, 0) is 61.3 Å². The van der Waals surface area contributed by atoms with Crippen LogP contribution in [0.2, 0.25) is 0 Å². The van der Waals surface area contributed by atoms with E-state index in [2.05, 4.69) is 52.2 Å². The Bertz CT molecular complexity index is 592. The molecule has 0 unspecified atom stereocenters. The summed E-state index contributed by atoms with van der Waals surface area (Å²) in [6.45, 7) is 9.09. The molecule has 1 aromatic carbocycles. The molecule has 0 saturated carbocycles. The molecule has 20 heavy (non-hydrogen) atoms. The second-order valence-corrected chi connectivity index (χ2v) is 7.48. The molecule has 0 amide bonds. The van der Waals surface area contributed by atoms with Crippen LogP contribution >= 0.6 is 27.3 Å². The van der Waals surface area contributed by atoms with Crippen LogP contribution in [0.25, 0.3) is 0 Å². The van der Waals surface area contributed by atoms with Crippen molar-refractivity contribution in [2.75, 3.05) is 0 Å². The molecule has 6 heteroatoms. The highest BCUT2D eigenvalue weighted by molar-refractivity contribution is 9.10. The minimum atomic E-state index is 0.0622. The van der Waals surface area contributed by atoms with Gasteiger partial charge in [0.1, 0.15) is 10.8 Å². The number of nitrogens with one attached hydrogen (secondary N) is 1. The van der Waals surface area contributed by atoms with E-state index in [0.717, 1.165) is 15.2 Å². The van der Waals surface area contributed by atoms with Gasteiger partial charge in [0.05, 0.1) is 11.0 Å². The Labute approximate surface area is 131 Å². The third-order valence-corrected chi connectivity index (χ3v) is 3.92. The summed E-state index contributed by atoms with van der Waals surface area (Å²) in [5, 5.41) is 13.0. The predicted octanol–water partition coefficient (Wildman–Crippen LogP) is 4.29.